The molecule has 1 saturated carbocycles. The fraction of sp³-hybridized carbons (Fsp3) is 0.700. The zero-order valence-electron chi connectivity index (χ0n) is 9.35. The van der Waals surface area contributed by atoms with Crippen LogP contribution >= 0.6 is 12.2 Å². The van der Waals surface area contributed by atoms with Crippen molar-refractivity contribution in [1.29, 1.82) is 0 Å². The van der Waals surface area contributed by atoms with Crippen molar-refractivity contribution in [2.45, 2.75) is 25.8 Å². The van der Waals surface area contributed by atoms with E-state index in [4.69, 9.17) is 22.7 Å². The average molecular weight is 240 g/mol. The van der Waals surface area contributed by atoms with Gasteiger partial charge in [-0.1, -0.05) is 17.4 Å². The van der Waals surface area contributed by atoms with Crippen LogP contribution in [0.2, 0.25) is 0 Å². The predicted molar refractivity (Wildman–Crippen MR) is 64.2 cm³/mol. The van der Waals surface area contributed by atoms with Crippen molar-refractivity contribution in [2.75, 3.05) is 13.7 Å². The highest BCUT2D eigenvalue weighted by Crippen LogP contribution is 2.33. The molecular weight excluding hydrogens is 224 g/mol. The fourth-order valence-electron chi connectivity index (χ4n) is 1.68. The molecule has 2 rings (SSSR count). The molecule has 0 amide bonds. The number of rotatable bonds is 6. The van der Waals surface area contributed by atoms with E-state index in [1.54, 1.807) is 7.11 Å². The van der Waals surface area contributed by atoms with Crippen LogP contribution in [0.25, 0.3) is 0 Å². The second-order valence-corrected chi connectivity index (χ2v) is 4.55. The van der Waals surface area contributed by atoms with Gasteiger partial charge < -0.3 is 10.5 Å². The van der Waals surface area contributed by atoms with Crippen LogP contribution in [-0.4, -0.2) is 33.7 Å². The Labute approximate surface area is 100.0 Å². The minimum absolute atomic E-state index is 0.333. The fourth-order valence-corrected chi connectivity index (χ4v) is 1.84. The molecule has 88 valence electrons. The summed E-state index contributed by atoms with van der Waals surface area (Å²) in [5.74, 6) is 0.757. The summed E-state index contributed by atoms with van der Waals surface area (Å²) in [6.45, 7) is 1.33. The summed E-state index contributed by atoms with van der Waals surface area (Å²) < 4.78 is 6.90. The summed E-state index contributed by atoms with van der Waals surface area (Å²) >= 11 is 4.98. The zero-order chi connectivity index (χ0) is 11.5. The highest BCUT2D eigenvalue weighted by atomic mass is 32.1. The van der Waals surface area contributed by atoms with Gasteiger partial charge >= 0.3 is 0 Å². The summed E-state index contributed by atoms with van der Waals surface area (Å²) in [5, 5.41) is 8.12. The van der Waals surface area contributed by atoms with Crippen molar-refractivity contribution in [3.05, 3.63) is 11.4 Å². The molecule has 1 aliphatic rings. The Morgan fingerprint density at radius 1 is 1.62 bits per heavy atom. The molecular formula is C10H16N4OS. The Kier molecular flexibility index (Phi) is 3.50. The predicted octanol–water partition coefficient (Wildman–Crippen LogP) is 0.511. The maximum Gasteiger partial charge on any atom is 0.143 e. The minimum Gasteiger partial charge on any atom is -0.388 e. The van der Waals surface area contributed by atoms with Crippen LogP contribution in [0.3, 0.4) is 0 Å². The smallest absolute Gasteiger partial charge is 0.143 e. The maximum atomic E-state index is 5.64. The number of nitrogens with two attached hydrogens (primary N) is 1. The molecule has 1 aromatic heterocycles. The topological polar surface area (TPSA) is 66.0 Å². The number of hydrogen-bond acceptors (Lipinski definition) is 4. The van der Waals surface area contributed by atoms with E-state index in [1.807, 2.05) is 4.68 Å². The summed E-state index contributed by atoms with van der Waals surface area (Å²) in [5.41, 5.74) is 7.38. The van der Waals surface area contributed by atoms with E-state index in [0.29, 0.717) is 23.8 Å². The van der Waals surface area contributed by atoms with Gasteiger partial charge in [0.1, 0.15) is 10.7 Å². The van der Waals surface area contributed by atoms with Crippen molar-refractivity contribution in [1.82, 2.24) is 15.0 Å². The highest BCUT2D eigenvalue weighted by Gasteiger charge is 2.26. The van der Waals surface area contributed by atoms with Crippen LogP contribution in [0.5, 0.6) is 0 Å². The van der Waals surface area contributed by atoms with Gasteiger partial charge in [0, 0.05) is 7.11 Å². The maximum absolute atomic E-state index is 5.64. The molecule has 0 aromatic carbocycles. The van der Waals surface area contributed by atoms with Gasteiger partial charge in [-0.05, 0) is 25.2 Å². The third-order valence-corrected chi connectivity index (χ3v) is 2.95. The van der Waals surface area contributed by atoms with Crippen molar-refractivity contribution in [3.8, 4) is 0 Å². The Morgan fingerprint density at radius 3 is 2.94 bits per heavy atom. The van der Waals surface area contributed by atoms with Gasteiger partial charge in [-0.3, -0.25) is 0 Å². The molecule has 1 aromatic rings. The SMILES string of the molecule is COCCn1nnc(C(N)=S)c1CC1CC1. The van der Waals surface area contributed by atoms with E-state index in [2.05, 4.69) is 10.3 Å². The molecule has 0 radical (unpaired) electrons. The van der Waals surface area contributed by atoms with E-state index >= 15 is 0 Å². The lowest BCUT2D eigenvalue weighted by Gasteiger charge is -2.06. The molecule has 0 unspecified atom stereocenters. The lowest BCUT2D eigenvalue weighted by Crippen LogP contribution is -2.16. The first-order chi connectivity index (χ1) is 7.72. The summed E-state index contributed by atoms with van der Waals surface area (Å²) in [7, 11) is 1.67. The molecule has 1 aliphatic carbocycles. The van der Waals surface area contributed by atoms with E-state index in [9.17, 15) is 0 Å². The third-order valence-electron chi connectivity index (χ3n) is 2.76. The Hall–Kier alpha value is -1.01. The monoisotopic (exact) mass is 240 g/mol. The van der Waals surface area contributed by atoms with Gasteiger partial charge in [0.25, 0.3) is 0 Å². The number of hydrogen-bond donors (Lipinski definition) is 1. The van der Waals surface area contributed by atoms with Crippen LogP contribution in [0, 0.1) is 5.92 Å². The van der Waals surface area contributed by atoms with Gasteiger partial charge in [-0.25, -0.2) is 4.68 Å². The molecule has 1 fully saturated rings. The Morgan fingerprint density at radius 2 is 2.38 bits per heavy atom. The molecule has 16 heavy (non-hydrogen) atoms. The third kappa shape index (κ3) is 2.56. The second-order valence-electron chi connectivity index (χ2n) is 4.11. The van der Waals surface area contributed by atoms with Crippen LogP contribution in [0.1, 0.15) is 24.2 Å². The Bertz CT molecular complexity index is 386. The summed E-state index contributed by atoms with van der Waals surface area (Å²) in [6, 6.07) is 0. The molecule has 0 saturated heterocycles. The molecule has 0 aliphatic heterocycles. The molecule has 0 spiro atoms. The van der Waals surface area contributed by atoms with Crippen molar-refractivity contribution in [2.24, 2.45) is 11.7 Å². The van der Waals surface area contributed by atoms with Crippen LogP contribution in [0.15, 0.2) is 0 Å². The quantitative estimate of drug-likeness (QED) is 0.734. The largest absolute Gasteiger partial charge is 0.388 e. The molecule has 0 atom stereocenters. The van der Waals surface area contributed by atoms with Gasteiger partial charge in [0.2, 0.25) is 0 Å². The van der Waals surface area contributed by atoms with E-state index in [0.717, 1.165) is 18.0 Å². The summed E-state index contributed by atoms with van der Waals surface area (Å²) in [6.07, 6.45) is 3.54. The van der Waals surface area contributed by atoms with E-state index < -0.39 is 0 Å². The number of methoxy groups -OCH3 is 1. The lowest BCUT2D eigenvalue weighted by atomic mass is 10.2. The van der Waals surface area contributed by atoms with Gasteiger partial charge in [-0.2, -0.15) is 0 Å². The van der Waals surface area contributed by atoms with Crippen molar-refractivity contribution < 1.29 is 4.74 Å². The first-order valence-corrected chi connectivity index (χ1v) is 5.84. The first-order valence-electron chi connectivity index (χ1n) is 5.43. The minimum atomic E-state index is 0.333. The molecule has 6 heteroatoms. The number of aromatic nitrogens is 3. The first kappa shape index (κ1) is 11.5. The Balaban J connectivity index is 2.17. The van der Waals surface area contributed by atoms with Crippen LogP contribution in [-0.2, 0) is 17.7 Å². The zero-order valence-corrected chi connectivity index (χ0v) is 10.2. The van der Waals surface area contributed by atoms with Crippen molar-refractivity contribution >= 4 is 17.2 Å². The van der Waals surface area contributed by atoms with Crippen LogP contribution < -0.4 is 5.73 Å². The standard InChI is InChI=1S/C10H16N4OS/c1-15-5-4-14-8(6-7-2-3-7)9(10(11)16)12-13-14/h7H,2-6H2,1H3,(H2,11,16). The summed E-state index contributed by atoms with van der Waals surface area (Å²) in [4.78, 5) is 0.333. The lowest BCUT2D eigenvalue weighted by molar-refractivity contribution is 0.181. The van der Waals surface area contributed by atoms with Crippen LogP contribution in [0.4, 0.5) is 0 Å². The number of ether oxygens (including phenoxy) is 1. The van der Waals surface area contributed by atoms with Crippen molar-refractivity contribution in [3.63, 3.8) is 0 Å². The molecule has 1 heterocycles. The normalized spacial score (nSPS) is 15.3. The molecule has 5 nitrogen and oxygen atoms in total. The second kappa shape index (κ2) is 4.88. The highest BCUT2D eigenvalue weighted by molar-refractivity contribution is 7.80. The number of thiocarbonyl (C=S) groups is 1. The van der Waals surface area contributed by atoms with Gasteiger partial charge in [0.05, 0.1) is 18.8 Å². The van der Waals surface area contributed by atoms with Gasteiger partial charge in [-0.15, -0.1) is 5.10 Å². The molecule has 2 N–H and O–H groups in total. The van der Waals surface area contributed by atoms with Gasteiger partial charge in [0.15, 0.2) is 0 Å². The van der Waals surface area contributed by atoms with E-state index in [1.165, 1.54) is 12.8 Å². The average Bonchev–Trinajstić information content (AvgIpc) is 2.96. The molecule has 0 bridgehead atoms. The number of nitrogens with zero attached hydrogens (tertiary/aromatic N) is 3. The van der Waals surface area contributed by atoms with E-state index in [-0.39, 0.29) is 0 Å².